The molecule has 2 amide bonds. The molecular weight excluding hydrogens is 703 g/mol. The molecule has 0 saturated carbocycles. The SMILES string of the molecule is COc1nc(-c2cccc(-c3cccc(-c4cc5c(=O)n(C)c(CNCCN6CCCC6=O)nn5c4)c3Cl)c2Cl)ccc1CNCC1CCC(=O)N1. The van der Waals surface area contributed by atoms with E-state index in [-0.39, 0.29) is 23.4 Å². The van der Waals surface area contributed by atoms with Crippen LogP contribution < -0.4 is 26.2 Å². The van der Waals surface area contributed by atoms with Gasteiger partial charge in [-0.25, -0.2) is 9.50 Å². The Labute approximate surface area is 311 Å². The highest BCUT2D eigenvalue weighted by Crippen LogP contribution is 2.42. The van der Waals surface area contributed by atoms with Crippen LogP contribution in [0.4, 0.5) is 0 Å². The van der Waals surface area contributed by atoms with Crippen molar-refractivity contribution >= 4 is 40.5 Å². The number of hydrogen-bond acceptors (Lipinski definition) is 8. The first-order valence-electron chi connectivity index (χ1n) is 17.4. The third-order valence-electron chi connectivity index (χ3n) is 9.75. The van der Waals surface area contributed by atoms with Crippen molar-refractivity contribution in [1.29, 1.82) is 0 Å². The number of aromatic nitrogens is 4. The van der Waals surface area contributed by atoms with Crippen LogP contribution in [0.25, 0.3) is 39.0 Å². The Kier molecular flexibility index (Phi) is 10.6. The molecule has 0 spiro atoms. The summed E-state index contributed by atoms with van der Waals surface area (Å²) in [6.45, 7) is 3.61. The van der Waals surface area contributed by atoms with Gasteiger partial charge in [-0.05, 0) is 25.0 Å². The first-order valence-corrected chi connectivity index (χ1v) is 18.2. The maximum absolute atomic E-state index is 13.4. The summed E-state index contributed by atoms with van der Waals surface area (Å²) in [4.78, 5) is 43.5. The van der Waals surface area contributed by atoms with Crippen molar-refractivity contribution in [1.82, 2.24) is 40.0 Å². The van der Waals surface area contributed by atoms with E-state index in [4.69, 9.17) is 38.0 Å². The van der Waals surface area contributed by atoms with Crippen molar-refractivity contribution < 1.29 is 14.3 Å². The molecule has 2 aliphatic heterocycles. The molecule has 270 valence electrons. The third-order valence-corrected chi connectivity index (χ3v) is 10.6. The normalized spacial score (nSPS) is 15.9. The van der Waals surface area contributed by atoms with Gasteiger partial charge in [-0.1, -0.05) is 65.7 Å². The lowest BCUT2D eigenvalue weighted by Gasteiger charge is -2.16. The molecule has 3 N–H and O–H groups in total. The highest BCUT2D eigenvalue weighted by molar-refractivity contribution is 6.39. The lowest BCUT2D eigenvalue weighted by atomic mass is 9.97. The summed E-state index contributed by atoms with van der Waals surface area (Å²) in [6.07, 6.45) is 4.71. The van der Waals surface area contributed by atoms with Crippen molar-refractivity contribution in [3.63, 3.8) is 0 Å². The first kappa shape index (κ1) is 35.6. The van der Waals surface area contributed by atoms with Gasteiger partial charge in [0.1, 0.15) is 11.3 Å². The maximum Gasteiger partial charge on any atom is 0.277 e. The Morgan fingerprint density at radius 3 is 2.40 bits per heavy atom. The number of methoxy groups -OCH3 is 1. The van der Waals surface area contributed by atoms with Crippen LogP contribution in [0.1, 0.15) is 37.1 Å². The Bertz CT molecular complexity index is 2220. The number of amides is 2. The molecule has 0 radical (unpaired) electrons. The number of hydrogen-bond donors (Lipinski definition) is 3. The number of pyridine rings is 1. The number of carbonyl (C=O) groups is 2. The number of fused-ring (bicyclic) bond motifs is 1. The number of rotatable bonds is 13. The zero-order valence-electron chi connectivity index (χ0n) is 29.0. The second-order valence-electron chi connectivity index (χ2n) is 13.1. The van der Waals surface area contributed by atoms with E-state index in [1.807, 2.05) is 59.6 Å². The van der Waals surface area contributed by atoms with Gasteiger partial charge < -0.3 is 25.6 Å². The topological polar surface area (TPSA) is 135 Å². The van der Waals surface area contributed by atoms with E-state index in [0.717, 1.165) is 52.8 Å². The predicted molar refractivity (Wildman–Crippen MR) is 202 cm³/mol. The minimum Gasteiger partial charge on any atom is -0.481 e. The van der Waals surface area contributed by atoms with E-state index >= 15 is 0 Å². The number of benzene rings is 2. The molecule has 5 heterocycles. The molecule has 2 aliphatic rings. The van der Waals surface area contributed by atoms with Gasteiger partial charge in [-0.3, -0.25) is 19.0 Å². The molecule has 2 saturated heterocycles. The number of halogens is 2. The van der Waals surface area contributed by atoms with Gasteiger partial charge in [-0.15, -0.1) is 0 Å². The smallest absolute Gasteiger partial charge is 0.277 e. The van der Waals surface area contributed by atoms with Crippen LogP contribution in [-0.2, 0) is 29.7 Å². The van der Waals surface area contributed by atoms with Gasteiger partial charge in [0.05, 0.1) is 29.4 Å². The van der Waals surface area contributed by atoms with Crippen molar-refractivity contribution in [2.24, 2.45) is 7.05 Å². The van der Waals surface area contributed by atoms with Crippen LogP contribution >= 0.6 is 23.2 Å². The molecule has 14 heteroatoms. The van der Waals surface area contributed by atoms with Crippen molar-refractivity contribution in [2.75, 3.05) is 33.3 Å². The summed E-state index contributed by atoms with van der Waals surface area (Å²) >= 11 is 14.2. The van der Waals surface area contributed by atoms with Crippen molar-refractivity contribution in [2.45, 2.75) is 44.8 Å². The lowest BCUT2D eigenvalue weighted by molar-refractivity contribution is -0.127. The standard InChI is InChI=1S/C38H40Cl2N8O4/c1-46-32(21-41-15-17-47-16-5-10-34(47)50)45-48-22-24(18-31(48)38(46)51)26-6-3-7-27(35(26)39)28-8-4-9-29(36(28)40)30-13-11-23(37(44-30)52-2)19-42-20-25-12-14-33(49)43-25/h3-4,6-9,11,13,18,22,25,41-42H,5,10,12,14-17,19-21H2,1-2H3,(H,43,49). The first-order chi connectivity index (χ1) is 25.2. The largest absolute Gasteiger partial charge is 0.481 e. The number of nitrogens with one attached hydrogen (secondary N) is 3. The number of ether oxygens (including phenoxy) is 1. The molecule has 2 aromatic carbocycles. The quantitative estimate of drug-likeness (QED) is 0.146. The fourth-order valence-corrected chi connectivity index (χ4v) is 7.54. The lowest BCUT2D eigenvalue weighted by Crippen LogP contribution is -2.35. The molecule has 0 aliphatic carbocycles. The van der Waals surface area contributed by atoms with Gasteiger partial charge in [0.2, 0.25) is 17.7 Å². The second-order valence-corrected chi connectivity index (χ2v) is 13.9. The second kappa shape index (κ2) is 15.5. The molecule has 12 nitrogen and oxygen atoms in total. The molecule has 1 unspecified atom stereocenters. The van der Waals surface area contributed by atoms with Gasteiger partial charge >= 0.3 is 0 Å². The third kappa shape index (κ3) is 7.29. The molecule has 3 aromatic heterocycles. The highest BCUT2D eigenvalue weighted by atomic mass is 35.5. The van der Waals surface area contributed by atoms with Crippen LogP contribution in [0, 0.1) is 0 Å². The summed E-state index contributed by atoms with van der Waals surface area (Å²) in [7, 11) is 3.30. The van der Waals surface area contributed by atoms with Gasteiger partial charge in [-0.2, -0.15) is 5.10 Å². The van der Waals surface area contributed by atoms with E-state index in [9.17, 15) is 14.4 Å². The summed E-state index contributed by atoms with van der Waals surface area (Å²) < 4.78 is 8.79. The summed E-state index contributed by atoms with van der Waals surface area (Å²) in [6, 6.07) is 17.3. The van der Waals surface area contributed by atoms with Gasteiger partial charge in [0, 0.05) is 98.2 Å². The van der Waals surface area contributed by atoms with Crippen LogP contribution in [0.2, 0.25) is 10.0 Å². The molecule has 0 bridgehead atoms. The average Bonchev–Trinajstić information content (AvgIpc) is 3.89. The van der Waals surface area contributed by atoms with Crippen molar-refractivity contribution in [3.05, 3.63) is 92.6 Å². The Balaban J connectivity index is 1.11. The Hall–Kier alpha value is -4.75. The molecule has 1 atom stereocenters. The van der Waals surface area contributed by atoms with Crippen LogP contribution in [0.15, 0.2) is 65.6 Å². The maximum atomic E-state index is 13.4. The average molecular weight is 744 g/mol. The fraction of sp³-hybridized carbons (Fsp3) is 0.342. The van der Waals surface area contributed by atoms with E-state index < -0.39 is 0 Å². The van der Waals surface area contributed by atoms with Gasteiger partial charge in [0.25, 0.3) is 5.56 Å². The highest BCUT2D eigenvalue weighted by Gasteiger charge is 2.22. The number of carbonyl (C=O) groups excluding carboxylic acids is 2. The van der Waals surface area contributed by atoms with Crippen LogP contribution in [0.5, 0.6) is 5.88 Å². The zero-order chi connectivity index (χ0) is 36.4. The van der Waals surface area contributed by atoms with Crippen LogP contribution in [0.3, 0.4) is 0 Å². The van der Waals surface area contributed by atoms with Crippen LogP contribution in [-0.4, -0.2) is 75.2 Å². The fourth-order valence-electron chi connectivity index (χ4n) is 6.87. The number of likely N-dealkylation sites (tertiary alicyclic amines) is 1. The number of nitrogens with zero attached hydrogens (tertiary/aromatic N) is 5. The predicted octanol–water partition coefficient (Wildman–Crippen LogP) is 4.82. The summed E-state index contributed by atoms with van der Waals surface area (Å²) in [5.74, 6) is 1.34. The molecule has 7 rings (SSSR count). The van der Waals surface area contributed by atoms with E-state index in [1.54, 1.807) is 29.3 Å². The molecule has 52 heavy (non-hydrogen) atoms. The molecule has 5 aromatic rings. The van der Waals surface area contributed by atoms with E-state index in [0.29, 0.717) is 78.5 Å². The summed E-state index contributed by atoms with van der Waals surface area (Å²) in [5.41, 5.74) is 5.46. The monoisotopic (exact) mass is 742 g/mol. The van der Waals surface area contributed by atoms with Crippen molar-refractivity contribution in [3.8, 4) is 39.4 Å². The zero-order valence-corrected chi connectivity index (χ0v) is 30.6. The Morgan fingerprint density at radius 2 is 1.69 bits per heavy atom. The van der Waals surface area contributed by atoms with E-state index in [2.05, 4.69) is 16.0 Å². The van der Waals surface area contributed by atoms with Gasteiger partial charge in [0.15, 0.2) is 0 Å². The minimum absolute atomic E-state index is 0.0911. The molecule has 2 fully saturated rings. The minimum atomic E-state index is -0.178. The van der Waals surface area contributed by atoms with E-state index in [1.165, 1.54) is 0 Å². The summed E-state index contributed by atoms with van der Waals surface area (Å²) in [5, 5.41) is 15.4. The molecular formula is C38H40Cl2N8O4. The Morgan fingerprint density at radius 1 is 0.942 bits per heavy atom.